The fourth-order valence-corrected chi connectivity index (χ4v) is 4.95. The first-order valence-corrected chi connectivity index (χ1v) is 10.6. The molecule has 2 aromatic carbocycles. The molecule has 2 heterocycles. The van der Waals surface area contributed by atoms with Crippen LogP contribution in [0.5, 0.6) is 0 Å². The predicted molar refractivity (Wildman–Crippen MR) is 107 cm³/mol. The number of benzene rings is 2. The van der Waals surface area contributed by atoms with Crippen molar-refractivity contribution in [2.45, 2.75) is 29.0 Å². The second kappa shape index (κ2) is 8.20. The van der Waals surface area contributed by atoms with Gasteiger partial charge in [0.15, 0.2) is 4.34 Å². The number of fused-ring (bicyclic) bond motifs is 1. The topological polar surface area (TPSA) is 51.2 Å². The van der Waals surface area contributed by atoms with Gasteiger partial charge in [-0.1, -0.05) is 36.0 Å². The third-order valence-electron chi connectivity index (χ3n) is 4.37. The lowest BCUT2D eigenvalue weighted by Gasteiger charge is -2.11. The molecule has 0 unspecified atom stereocenters. The molecule has 1 atom stereocenters. The van der Waals surface area contributed by atoms with Crippen molar-refractivity contribution in [3.8, 4) is 0 Å². The minimum Gasteiger partial charge on any atom is -0.376 e. The van der Waals surface area contributed by atoms with Crippen molar-refractivity contribution in [3.05, 3.63) is 59.7 Å². The summed E-state index contributed by atoms with van der Waals surface area (Å²) in [6.45, 7) is 1.40. The Morgan fingerprint density at radius 3 is 2.85 bits per heavy atom. The Kier molecular flexibility index (Phi) is 5.53. The molecule has 0 radical (unpaired) electrons. The standard InChI is InChI=1S/C20H20N2O2S2/c23-19(21-12-16-4-3-11-24-16)15-9-7-14(8-10-15)13-25-20-22-17-5-1-2-6-18(17)26-20/h1-2,5-10,16H,3-4,11-13H2,(H,21,23)/t16-/m0/s1. The van der Waals surface area contributed by atoms with Crippen molar-refractivity contribution in [1.29, 1.82) is 0 Å². The van der Waals surface area contributed by atoms with Crippen LogP contribution in [0.1, 0.15) is 28.8 Å². The molecule has 1 saturated heterocycles. The zero-order chi connectivity index (χ0) is 17.8. The van der Waals surface area contributed by atoms with Gasteiger partial charge in [0, 0.05) is 24.5 Å². The van der Waals surface area contributed by atoms with Crippen LogP contribution in [0.25, 0.3) is 10.2 Å². The number of para-hydroxylation sites is 1. The molecule has 1 aliphatic heterocycles. The van der Waals surface area contributed by atoms with E-state index in [-0.39, 0.29) is 12.0 Å². The van der Waals surface area contributed by atoms with Gasteiger partial charge in [-0.05, 0) is 42.7 Å². The molecule has 134 valence electrons. The smallest absolute Gasteiger partial charge is 0.251 e. The minimum atomic E-state index is -0.0362. The molecule has 1 N–H and O–H groups in total. The van der Waals surface area contributed by atoms with E-state index in [2.05, 4.69) is 16.4 Å². The maximum atomic E-state index is 12.2. The number of hydrogen-bond acceptors (Lipinski definition) is 5. The fourth-order valence-electron chi connectivity index (χ4n) is 2.92. The molecule has 0 bridgehead atoms. The van der Waals surface area contributed by atoms with Gasteiger partial charge in [-0.25, -0.2) is 4.98 Å². The molecule has 1 fully saturated rings. The van der Waals surface area contributed by atoms with E-state index in [1.54, 1.807) is 23.1 Å². The van der Waals surface area contributed by atoms with Crippen LogP contribution in [0.15, 0.2) is 52.9 Å². The molecular weight excluding hydrogens is 364 g/mol. The Bertz CT molecular complexity index is 853. The fraction of sp³-hybridized carbons (Fsp3) is 0.300. The summed E-state index contributed by atoms with van der Waals surface area (Å²) in [6.07, 6.45) is 2.28. The molecule has 0 saturated carbocycles. The number of aromatic nitrogens is 1. The first kappa shape index (κ1) is 17.5. The van der Waals surface area contributed by atoms with Gasteiger partial charge in [0.05, 0.1) is 16.3 Å². The quantitative estimate of drug-likeness (QED) is 0.636. The van der Waals surface area contributed by atoms with Crippen LogP contribution in [-0.4, -0.2) is 30.1 Å². The van der Waals surface area contributed by atoms with Crippen molar-refractivity contribution in [3.63, 3.8) is 0 Å². The number of nitrogens with one attached hydrogen (secondary N) is 1. The lowest BCUT2D eigenvalue weighted by molar-refractivity contribution is 0.0858. The van der Waals surface area contributed by atoms with E-state index < -0.39 is 0 Å². The van der Waals surface area contributed by atoms with Crippen molar-refractivity contribution in [2.24, 2.45) is 0 Å². The van der Waals surface area contributed by atoms with E-state index in [0.717, 1.165) is 35.1 Å². The van der Waals surface area contributed by atoms with E-state index in [4.69, 9.17) is 4.74 Å². The van der Waals surface area contributed by atoms with Crippen LogP contribution in [0.2, 0.25) is 0 Å². The average molecular weight is 385 g/mol. The monoisotopic (exact) mass is 384 g/mol. The number of nitrogens with zero attached hydrogens (tertiary/aromatic N) is 1. The van der Waals surface area contributed by atoms with Crippen LogP contribution in [0.4, 0.5) is 0 Å². The number of hydrogen-bond donors (Lipinski definition) is 1. The third kappa shape index (κ3) is 4.26. The molecule has 4 nitrogen and oxygen atoms in total. The van der Waals surface area contributed by atoms with Crippen molar-refractivity contribution in [2.75, 3.05) is 13.2 Å². The van der Waals surface area contributed by atoms with Crippen LogP contribution in [0, 0.1) is 0 Å². The van der Waals surface area contributed by atoms with Gasteiger partial charge in [-0.3, -0.25) is 4.79 Å². The summed E-state index contributed by atoms with van der Waals surface area (Å²) in [7, 11) is 0. The first-order chi connectivity index (χ1) is 12.8. The molecule has 4 rings (SSSR count). The Hall–Kier alpha value is -1.89. The normalized spacial score (nSPS) is 16.8. The van der Waals surface area contributed by atoms with E-state index in [0.29, 0.717) is 12.1 Å². The van der Waals surface area contributed by atoms with Crippen molar-refractivity contribution in [1.82, 2.24) is 10.3 Å². The summed E-state index contributed by atoms with van der Waals surface area (Å²) in [5.41, 5.74) is 2.93. The Morgan fingerprint density at radius 2 is 2.08 bits per heavy atom. The summed E-state index contributed by atoms with van der Waals surface area (Å²) < 4.78 is 7.82. The summed E-state index contributed by atoms with van der Waals surface area (Å²) in [6, 6.07) is 16.0. The number of thioether (sulfide) groups is 1. The minimum absolute atomic E-state index is 0.0362. The van der Waals surface area contributed by atoms with Crippen molar-refractivity contribution >= 4 is 39.2 Å². The van der Waals surface area contributed by atoms with E-state index >= 15 is 0 Å². The summed E-state index contributed by atoms with van der Waals surface area (Å²) in [4.78, 5) is 16.9. The van der Waals surface area contributed by atoms with Gasteiger partial charge < -0.3 is 10.1 Å². The maximum Gasteiger partial charge on any atom is 0.251 e. The SMILES string of the molecule is O=C(NC[C@@H]1CCCO1)c1ccc(CSc2nc3ccccc3s2)cc1. The lowest BCUT2D eigenvalue weighted by atomic mass is 10.1. The van der Waals surface area contributed by atoms with Crippen molar-refractivity contribution < 1.29 is 9.53 Å². The summed E-state index contributed by atoms with van der Waals surface area (Å²) in [5, 5.41) is 2.96. The van der Waals surface area contributed by atoms with E-state index in [1.165, 1.54) is 10.3 Å². The largest absolute Gasteiger partial charge is 0.376 e. The average Bonchev–Trinajstić information content (AvgIpc) is 3.34. The number of rotatable bonds is 6. The predicted octanol–water partition coefficient (Wildman–Crippen LogP) is 4.50. The maximum absolute atomic E-state index is 12.2. The molecule has 26 heavy (non-hydrogen) atoms. The second-order valence-corrected chi connectivity index (χ2v) is 8.53. The summed E-state index contributed by atoms with van der Waals surface area (Å²) in [5.74, 6) is 0.809. The molecule has 3 aromatic rings. The zero-order valence-corrected chi connectivity index (χ0v) is 15.9. The highest BCUT2D eigenvalue weighted by molar-refractivity contribution is 8.00. The van der Waals surface area contributed by atoms with Gasteiger partial charge in [-0.2, -0.15) is 0 Å². The summed E-state index contributed by atoms with van der Waals surface area (Å²) >= 11 is 3.45. The van der Waals surface area contributed by atoms with Crippen LogP contribution >= 0.6 is 23.1 Å². The van der Waals surface area contributed by atoms with Crippen LogP contribution in [0.3, 0.4) is 0 Å². The molecular formula is C20H20N2O2S2. The first-order valence-electron chi connectivity index (χ1n) is 8.75. The molecule has 0 spiro atoms. The molecule has 6 heteroatoms. The van der Waals surface area contributed by atoms with Crippen LogP contribution in [-0.2, 0) is 10.5 Å². The van der Waals surface area contributed by atoms with E-state index in [1.807, 2.05) is 42.5 Å². The zero-order valence-electron chi connectivity index (χ0n) is 14.3. The number of amides is 1. The lowest BCUT2D eigenvalue weighted by Crippen LogP contribution is -2.31. The number of carbonyl (C=O) groups excluding carboxylic acids is 1. The molecule has 1 aliphatic rings. The second-order valence-electron chi connectivity index (χ2n) is 6.28. The van der Waals surface area contributed by atoms with Gasteiger partial charge in [0.25, 0.3) is 5.91 Å². The Morgan fingerprint density at radius 1 is 1.23 bits per heavy atom. The Balaban J connectivity index is 1.31. The third-order valence-corrected chi connectivity index (χ3v) is 6.62. The number of thiazole rings is 1. The van der Waals surface area contributed by atoms with Gasteiger partial charge >= 0.3 is 0 Å². The van der Waals surface area contributed by atoms with Gasteiger partial charge in [0.2, 0.25) is 0 Å². The Labute approximate surface area is 161 Å². The molecule has 1 amide bonds. The number of carbonyl (C=O) groups is 1. The van der Waals surface area contributed by atoms with Crippen LogP contribution < -0.4 is 5.32 Å². The van der Waals surface area contributed by atoms with E-state index in [9.17, 15) is 4.79 Å². The molecule has 1 aromatic heterocycles. The molecule has 0 aliphatic carbocycles. The highest BCUT2D eigenvalue weighted by Gasteiger charge is 2.16. The number of ether oxygens (including phenoxy) is 1. The van der Waals surface area contributed by atoms with Gasteiger partial charge in [0.1, 0.15) is 0 Å². The highest BCUT2D eigenvalue weighted by Crippen LogP contribution is 2.31. The highest BCUT2D eigenvalue weighted by atomic mass is 32.2. The van der Waals surface area contributed by atoms with Gasteiger partial charge in [-0.15, -0.1) is 11.3 Å².